The third-order valence-electron chi connectivity index (χ3n) is 4.84. The molecule has 0 bridgehead atoms. The van der Waals surface area contributed by atoms with E-state index in [9.17, 15) is 14.9 Å². The van der Waals surface area contributed by atoms with E-state index in [0.29, 0.717) is 18.3 Å². The third kappa shape index (κ3) is 4.24. The van der Waals surface area contributed by atoms with Gasteiger partial charge in [-0.2, -0.15) is 0 Å². The average Bonchev–Trinajstić information content (AvgIpc) is 3.51. The number of amides is 1. The maximum atomic E-state index is 13.0. The van der Waals surface area contributed by atoms with Crippen LogP contribution in [0.25, 0.3) is 0 Å². The van der Waals surface area contributed by atoms with Crippen molar-refractivity contribution in [3.8, 4) is 11.5 Å². The largest absolute Gasteiger partial charge is 0.493 e. The first kappa shape index (κ1) is 19.7. The lowest BCUT2D eigenvalue weighted by Gasteiger charge is -2.20. The lowest BCUT2D eigenvalue weighted by Crippen LogP contribution is -2.30. The first-order valence-electron chi connectivity index (χ1n) is 9.31. The van der Waals surface area contributed by atoms with E-state index in [0.717, 1.165) is 24.0 Å². The molecule has 148 valence electrons. The summed E-state index contributed by atoms with van der Waals surface area (Å²) >= 11 is 0. The van der Waals surface area contributed by atoms with E-state index < -0.39 is 10.8 Å². The van der Waals surface area contributed by atoms with Gasteiger partial charge >= 0.3 is 0 Å². The van der Waals surface area contributed by atoms with Gasteiger partial charge in [0, 0.05) is 6.07 Å². The van der Waals surface area contributed by atoms with Gasteiger partial charge in [-0.05, 0) is 38.2 Å². The summed E-state index contributed by atoms with van der Waals surface area (Å²) in [5, 5.41) is 14.5. The van der Waals surface area contributed by atoms with Crippen LogP contribution in [0.4, 0.5) is 5.69 Å². The molecule has 0 aromatic heterocycles. The van der Waals surface area contributed by atoms with Crippen LogP contribution < -0.4 is 14.8 Å². The van der Waals surface area contributed by atoms with Crippen molar-refractivity contribution in [1.82, 2.24) is 5.32 Å². The Kier molecular flexibility index (Phi) is 5.82. The summed E-state index contributed by atoms with van der Waals surface area (Å²) in [4.78, 5) is 24.0. The summed E-state index contributed by atoms with van der Waals surface area (Å²) in [7, 11) is 1.40. The molecule has 7 nitrogen and oxygen atoms in total. The minimum Gasteiger partial charge on any atom is -0.493 e. The van der Waals surface area contributed by atoms with Crippen molar-refractivity contribution in [1.29, 1.82) is 0 Å². The molecular weight excluding hydrogens is 360 g/mol. The molecule has 1 fully saturated rings. The molecule has 0 saturated heterocycles. The zero-order chi connectivity index (χ0) is 20.3. The van der Waals surface area contributed by atoms with Crippen LogP contribution in [0.5, 0.6) is 11.5 Å². The molecule has 2 aromatic rings. The molecule has 1 unspecified atom stereocenters. The molecule has 1 aliphatic carbocycles. The number of nitrogens with one attached hydrogen (secondary N) is 1. The summed E-state index contributed by atoms with van der Waals surface area (Å²) in [6, 6.07) is 10.4. The van der Waals surface area contributed by atoms with E-state index in [-0.39, 0.29) is 23.0 Å². The molecule has 3 rings (SSSR count). The van der Waals surface area contributed by atoms with Crippen LogP contribution in [0.15, 0.2) is 36.4 Å². The van der Waals surface area contributed by atoms with Gasteiger partial charge in [-0.25, -0.2) is 0 Å². The first-order chi connectivity index (χ1) is 13.4. The number of methoxy groups -OCH3 is 1. The Balaban J connectivity index is 1.94. The zero-order valence-electron chi connectivity index (χ0n) is 16.2. The van der Waals surface area contributed by atoms with Crippen LogP contribution in [0, 0.1) is 23.0 Å². The Hall–Kier alpha value is -3.09. The molecule has 0 radical (unpaired) electrons. The number of nitro groups is 1. The highest BCUT2D eigenvalue weighted by atomic mass is 16.6. The number of aryl methyl sites for hydroxylation is 1. The Bertz CT molecular complexity index is 875. The van der Waals surface area contributed by atoms with Crippen molar-refractivity contribution in [2.24, 2.45) is 5.92 Å². The maximum absolute atomic E-state index is 13.0. The SMILES string of the molecule is CCOc1cc(C(=O)NC(c2ccc(C)cc2)C2CC2)c([N+](=O)[O-])cc1OC. The maximum Gasteiger partial charge on any atom is 0.286 e. The summed E-state index contributed by atoms with van der Waals surface area (Å²) in [6.45, 7) is 4.15. The van der Waals surface area contributed by atoms with Crippen molar-refractivity contribution in [2.45, 2.75) is 32.7 Å². The second-order valence-corrected chi connectivity index (χ2v) is 6.91. The highest BCUT2D eigenvalue weighted by Crippen LogP contribution is 2.42. The molecule has 0 heterocycles. The Morgan fingerprint density at radius 1 is 1.25 bits per heavy atom. The van der Waals surface area contributed by atoms with Crippen molar-refractivity contribution in [3.05, 3.63) is 63.2 Å². The molecular formula is C21H24N2O5. The predicted molar refractivity (Wildman–Crippen MR) is 105 cm³/mol. The smallest absolute Gasteiger partial charge is 0.286 e. The molecule has 1 N–H and O–H groups in total. The van der Waals surface area contributed by atoms with E-state index in [1.54, 1.807) is 6.92 Å². The average molecular weight is 384 g/mol. The molecule has 7 heteroatoms. The third-order valence-corrected chi connectivity index (χ3v) is 4.84. The topological polar surface area (TPSA) is 90.7 Å². The Morgan fingerprint density at radius 2 is 1.93 bits per heavy atom. The van der Waals surface area contributed by atoms with Crippen LogP contribution in [0.2, 0.25) is 0 Å². The fourth-order valence-corrected chi connectivity index (χ4v) is 3.21. The second-order valence-electron chi connectivity index (χ2n) is 6.91. The van der Waals surface area contributed by atoms with Crippen molar-refractivity contribution in [2.75, 3.05) is 13.7 Å². The minimum atomic E-state index is -0.578. The van der Waals surface area contributed by atoms with Gasteiger partial charge in [0.2, 0.25) is 0 Å². The van der Waals surface area contributed by atoms with E-state index >= 15 is 0 Å². The van der Waals surface area contributed by atoms with Crippen LogP contribution in [-0.4, -0.2) is 24.5 Å². The molecule has 0 spiro atoms. The van der Waals surface area contributed by atoms with Gasteiger partial charge in [0.15, 0.2) is 11.5 Å². The van der Waals surface area contributed by atoms with E-state index in [2.05, 4.69) is 5.32 Å². The standard InChI is InChI=1S/C21H24N2O5/c1-4-28-19-11-16(17(23(25)26)12-18(19)27-3)21(24)22-20(15-9-10-15)14-7-5-13(2)6-8-14/h5-8,11-12,15,20H,4,9-10H2,1-3H3,(H,22,24). The van der Waals surface area contributed by atoms with Gasteiger partial charge in [-0.15, -0.1) is 0 Å². The molecule has 1 atom stereocenters. The van der Waals surface area contributed by atoms with Crippen LogP contribution in [0.3, 0.4) is 0 Å². The van der Waals surface area contributed by atoms with Crippen LogP contribution in [-0.2, 0) is 0 Å². The second kappa shape index (κ2) is 8.29. The van der Waals surface area contributed by atoms with Gasteiger partial charge in [0.1, 0.15) is 5.56 Å². The highest BCUT2D eigenvalue weighted by molar-refractivity contribution is 5.99. The van der Waals surface area contributed by atoms with Crippen molar-refractivity contribution >= 4 is 11.6 Å². The normalized spacial score (nSPS) is 14.2. The molecule has 1 saturated carbocycles. The van der Waals surface area contributed by atoms with Gasteiger partial charge in [0.05, 0.1) is 30.7 Å². The quantitative estimate of drug-likeness (QED) is 0.544. The highest BCUT2D eigenvalue weighted by Gasteiger charge is 2.35. The summed E-state index contributed by atoms with van der Waals surface area (Å²) in [5.74, 6) is 0.379. The molecule has 1 amide bonds. The molecule has 0 aliphatic heterocycles. The number of hydrogen-bond donors (Lipinski definition) is 1. The van der Waals surface area contributed by atoms with Crippen LogP contribution >= 0.6 is 0 Å². The van der Waals surface area contributed by atoms with E-state index in [1.165, 1.54) is 19.2 Å². The Morgan fingerprint density at radius 3 is 2.46 bits per heavy atom. The van der Waals surface area contributed by atoms with Crippen molar-refractivity contribution < 1.29 is 19.2 Å². The summed E-state index contributed by atoms with van der Waals surface area (Å²) in [6.07, 6.45) is 2.04. The number of benzene rings is 2. The lowest BCUT2D eigenvalue weighted by molar-refractivity contribution is -0.385. The van der Waals surface area contributed by atoms with Gasteiger partial charge in [-0.1, -0.05) is 29.8 Å². The molecule has 1 aliphatic rings. The minimum absolute atomic E-state index is 0.0352. The molecule has 2 aromatic carbocycles. The number of carbonyl (C=O) groups excluding carboxylic acids is 1. The van der Waals surface area contributed by atoms with Gasteiger partial charge in [0.25, 0.3) is 11.6 Å². The zero-order valence-corrected chi connectivity index (χ0v) is 16.2. The fraction of sp³-hybridized carbons (Fsp3) is 0.381. The summed E-state index contributed by atoms with van der Waals surface area (Å²) < 4.78 is 10.7. The van der Waals surface area contributed by atoms with Gasteiger partial charge in [-0.3, -0.25) is 14.9 Å². The number of hydrogen-bond acceptors (Lipinski definition) is 5. The van der Waals surface area contributed by atoms with E-state index in [1.807, 2.05) is 31.2 Å². The number of rotatable bonds is 8. The number of carbonyl (C=O) groups is 1. The summed E-state index contributed by atoms with van der Waals surface area (Å²) in [5.41, 5.74) is 1.79. The Labute approximate surface area is 163 Å². The van der Waals surface area contributed by atoms with Gasteiger partial charge < -0.3 is 14.8 Å². The van der Waals surface area contributed by atoms with Crippen molar-refractivity contribution in [3.63, 3.8) is 0 Å². The molecule has 28 heavy (non-hydrogen) atoms. The number of ether oxygens (including phenoxy) is 2. The van der Waals surface area contributed by atoms with Crippen LogP contribution in [0.1, 0.15) is 47.3 Å². The lowest BCUT2D eigenvalue weighted by atomic mass is 10.00. The number of nitrogens with zero attached hydrogens (tertiary/aromatic N) is 1. The monoisotopic (exact) mass is 384 g/mol. The fourth-order valence-electron chi connectivity index (χ4n) is 3.21. The first-order valence-corrected chi connectivity index (χ1v) is 9.31. The van der Waals surface area contributed by atoms with E-state index in [4.69, 9.17) is 9.47 Å². The number of nitro benzene ring substituents is 1. The predicted octanol–water partition coefficient (Wildman–Crippen LogP) is 4.19.